The highest BCUT2D eigenvalue weighted by atomic mass is 16.6. The molecule has 0 N–H and O–H groups in total. The van der Waals surface area contributed by atoms with Crippen molar-refractivity contribution in [2.45, 2.75) is 37.1 Å². The fourth-order valence-corrected chi connectivity index (χ4v) is 2.87. The molecule has 3 atom stereocenters. The van der Waals surface area contributed by atoms with Gasteiger partial charge in [0.2, 0.25) is 0 Å². The lowest BCUT2D eigenvalue weighted by molar-refractivity contribution is 0.252. The summed E-state index contributed by atoms with van der Waals surface area (Å²) in [6.45, 7) is 1.51. The van der Waals surface area contributed by atoms with E-state index < -0.39 is 0 Å². The van der Waals surface area contributed by atoms with Crippen LogP contribution in [-0.2, 0) is 15.1 Å². The molecule has 90 valence electrons. The first-order valence-corrected chi connectivity index (χ1v) is 6.40. The van der Waals surface area contributed by atoms with E-state index in [0.29, 0.717) is 18.8 Å². The van der Waals surface area contributed by atoms with Crippen molar-refractivity contribution < 1.29 is 14.2 Å². The Balaban J connectivity index is 1.46. The van der Waals surface area contributed by atoms with Crippen LogP contribution in [0.5, 0.6) is 5.75 Å². The van der Waals surface area contributed by atoms with E-state index in [-0.39, 0.29) is 5.60 Å². The summed E-state index contributed by atoms with van der Waals surface area (Å²) in [4.78, 5) is 0. The summed E-state index contributed by atoms with van der Waals surface area (Å²) in [5, 5.41) is 0. The zero-order valence-corrected chi connectivity index (χ0v) is 9.72. The number of ether oxygens (including phenoxy) is 3. The fourth-order valence-electron chi connectivity index (χ4n) is 2.87. The first-order chi connectivity index (χ1) is 8.37. The van der Waals surface area contributed by atoms with Gasteiger partial charge < -0.3 is 14.2 Å². The van der Waals surface area contributed by atoms with Crippen molar-refractivity contribution in [2.75, 3.05) is 13.2 Å². The Bertz CT molecular complexity index is 424. The molecule has 0 spiro atoms. The Morgan fingerprint density at radius 1 is 1.29 bits per heavy atom. The van der Waals surface area contributed by atoms with Gasteiger partial charge in [-0.05, 0) is 37.0 Å². The highest BCUT2D eigenvalue weighted by Gasteiger charge is 2.60. The van der Waals surface area contributed by atoms with E-state index in [4.69, 9.17) is 14.2 Å². The maximum Gasteiger partial charge on any atom is 0.120 e. The van der Waals surface area contributed by atoms with Gasteiger partial charge in [0, 0.05) is 0 Å². The van der Waals surface area contributed by atoms with Crippen LogP contribution < -0.4 is 4.74 Å². The van der Waals surface area contributed by atoms with Crippen molar-refractivity contribution >= 4 is 0 Å². The number of hydrogen-bond donors (Lipinski definition) is 0. The van der Waals surface area contributed by atoms with Crippen LogP contribution in [0.25, 0.3) is 0 Å². The summed E-state index contributed by atoms with van der Waals surface area (Å²) in [6, 6.07) is 8.38. The lowest BCUT2D eigenvalue weighted by Crippen LogP contribution is -2.07. The third-order valence-corrected chi connectivity index (χ3v) is 4.01. The van der Waals surface area contributed by atoms with Gasteiger partial charge in [0.1, 0.15) is 24.1 Å². The van der Waals surface area contributed by atoms with Gasteiger partial charge in [-0.2, -0.15) is 0 Å². The highest BCUT2D eigenvalue weighted by molar-refractivity contribution is 5.36. The van der Waals surface area contributed by atoms with Crippen molar-refractivity contribution in [3.05, 3.63) is 29.8 Å². The Morgan fingerprint density at radius 2 is 2.12 bits per heavy atom. The summed E-state index contributed by atoms with van der Waals surface area (Å²) < 4.78 is 16.6. The summed E-state index contributed by atoms with van der Waals surface area (Å²) in [5.74, 6) is 0.927. The van der Waals surface area contributed by atoms with Gasteiger partial charge in [-0.25, -0.2) is 0 Å². The molecule has 3 nitrogen and oxygen atoms in total. The zero-order valence-electron chi connectivity index (χ0n) is 9.72. The normalized spacial score (nSPS) is 37.6. The van der Waals surface area contributed by atoms with E-state index in [1.54, 1.807) is 0 Å². The maximum atomic E-state index is 5.81. The minimum atomic E-state index is 0.0676. The van der Waals surface area contributed by atoms with E-state index in [1.165, 1.54) is 24.8 Å². The molecule has 1 aromatic carbocycles. The highest BCUT2D eigenvalue weighted by Crippen LogP contribution is 2.57. The van der Waals surface area contributed by atoms with Gasteiger partial charge in [-0.3, -0.25) is 0 Å². The lowest BCUT2D eigenvalue weighted by Gasteiger charge is -2.10. The second-order valence-electron chi connectivity index (χ2n) is 5.18. The van der Waals surface area contributed by atoms with Crippen LogP contribution in [0, 0.1) is 0 Å². The number of fused-ring (bicyclic) bond motifs is 1. The van der Waals surface area contributed by atoms with Gasteiger partial charge in [-0.1, -0.05) is 12.1 Å². The molecule has 17 heavy (non-hydrogen) atoms. The van der Waals surface area contributed by atoms with E-state index >= 15 is 0 Å². The number of epoxide rings is 2. The summed E-state index contributed by atoms with van der Waals surface area (Å²) in [6.07, 6.45) is 4.49. The van der Waals surface area contributed by atoms with Crippen LogP contribution in [0.15, 0.2) is 24.3 Å². The van der Waals surface area contributed by atoms with Crippen molar-refractivity contribution in [3.8, 4) is 5.75 Å². The largest absolute Gasteiger partial charge is 0.491 e. The fraction of sp³-hybridized carbons (Fsp3) is 0.571. The van der Waals surface area contributed by atoms with Crippen LogP contribution in [-0.4, -0.2) is 25.4 Å². The maximum absolute atomic E-state index is 5.81. The molecule has 4 rings (SSSR count). The summed E-state index contributed by atoms with van der Waals surface area (Å²) in [5.41, 5.74) is 1.38. The molecule has 0 bridgehead atoms. The molecular weight excluding hydrogens is 216 g/mol. The molecular formula is C14H16O3. The van der Waals surface area contributed by atoms with Crippen molar-refractivity contribution in [3.63, 3.8) is 0 Å². The van der Waals surface area contributed by atoms with Crippen LogP contribution >= 0.6 is 0 Å². The van der Waals surface area contributed by atoms with Crippen molar-refractivity contribution in [1.29, 1.82) is 0 Å². The molecule has 2 saturated heterocycles. The topological polar surface area (TPSA) is 34.3 Å². The van der Waals surface area contributed by atoms with E-state index in [0.717, 1.165) is 12.4 Å². The quantitative estimate of drug-likeness (QED) is 0.747. The molecule has 3 fully saturated rings. The number of rotatable bonds is 4. The predicted molar refractivity (Wildman–Crippen MR) is 62.1 cm³/mol. The van der Waals surface area contributed by atoms with Gasteiger partial charge in [0.25, 0.3) is 0 Å². The average molecular weight is 232 g/mol. The molecule has 0 aromatic heterocycles. The molecule has 2 aliphatic heterocycles. The number of benzene rings is 1. The molecule has 1 saturated carbocycles. The number of hydrogen-bond acceptors (Lipinski definition) is 3. The summed E-state index contributed by atoms with van der Waals surface area (Å²) in [7, 11) is 0. The Labute approximate surface area is 101 Å². The zero-order chi connectivity index (χ0) is 11.3. The Morgan fingerprint density at radius 3 is 2.71 bits per heavy atom. The van der Waals surface area contributed by atoms with E-state index in [2.05, 4.69) is 12.1 Å². The minimum absolute atomic E-state index is 0.0676. The molecule has 2 heterocycles. The molecule has 1 aromatic rings. The Kier molecular flexibility index (Phi) is 2.02. The molecule has 0 amide bonds. The van der Waals surface area contributed by atoms with Crippen LogP contribution in [0.1, 0.15) is 24.8 Å². The first-order valence-electron chi connectivity index (χ1n) is 6.40. The smallest absolute Gasteiger partial charge is 0.120 e. The second-order valence-corrected chi connectivity index (χ2v) is 5.18. The van der Waals surface area contributed by atoms with Crippen molar-refractivity contribution in [1.82, 2.24) is 0 Å². The van der Waals surface area contributed by atoms with E-state index in [9.17, 15) is 0 Å². The van der Waals surface area contributed by atoms with Gasteiger partial charge in [-0.15, -0.1) is 0 Å². The van der Waals surface area contributed by atoms with E-state index in [1.807, 2.05) is 12.1 Å². The SMILES string of the molecule is c1cc(C23CCCC2O3)ccc1OCC1CO1. The molecule has 3 aliphatic rings. The predicted octanol–water partition coefficient (Wildman–Crippen LogP) is 2.24. The Hall–Kier alpha value is -1.06. The van der Waals surface area contributed by atoms with Gasteiger partial charge >= 0.3 is 0 Å². The summed E-state index contributed by atoms with van der Waals surface area (Å²) >= 11 is 0. The molecule has 0 radical (unpaired) electrons. The average Bonchev–Trinajstić information content (AvgIpc) is 3.28. The molecule has 1 aliphatic carbocycles. The van der Waals surface area contributed by atoms with Gasteiger partial charge in [0.05, 0.1) is 12.7 Å². The van der Waals surface area contributed by atoms with Gasteiger partial charge in [0.15, 0.2) is 0 Å². The van der Waals surface area contributed by atoms with Crippen LogP contribution in [0.3, 0.4) is 0 Å². The van der Waals surface area contributed by atoms with Crippen LogP contribution in [0.4, 0.5) is 0 Å². The first kappa shape index (κ1) is 9.92. The standard InChI is InChI=1S/C14H16O3/c1-2-13-14(7-1,17-13)10-3-5-11(6-4-10)15-8-12-9-16-12/h3-6,12-13H,1-2,7-9H2. The molecule has 3 unspecified atom stereocenters. The molecule has 3 heteroatoms. The third kappa shape index (κ3) is 1.65. The second kappa shape index (κ2) is 3.47. The van der Waals surface area contributed by atoms with Crippen molar-refractivity contribution in [2.24, 2.45) is 0 Å². The minimum Gasteiger partial charge on any atom is -0.491 e. The monoisotopic (exact) mass is 232 g/mol. The third-order valence-electron chi connectivity index (χ3n) is 4.01. The van der Waals surface area contributed by atoms with Crippen LogP contribution in [0.2, 0.25) is 0 Å². The lowest BCUT2D eigenvalue weighted by atomic mass is 9.97.